The van der Waals surface area contributed by atoms with Crippen LogP contribution in [0.2, 0.25) is 0 Å². The molecule has 0 unspecified atom stereocenters. The Morgan fingerprint density at radius 3 is 2.48 bits per heavy atom. The maximum atomic E-state index is 13.6. The molecule has 3 aromatic heterocycles. The normalized spacial score (nSPS) is 15.4. The van der Waals surface area contributed by atoms with Gasteiger partial charge in [-0.15, -0.1) is 0 Å². The van der Waals surface area contributed by atoms with Crippen molar-refractivity contribution in [2.45, 2.75) is 38.4 Å². The molecule has 1 aliphatic rings. The number of hydrogen-bond acceptors (Lipinski definition) is 6. The van der Waals surface area contributed by atoms with Crippen molar-refractivity contribution in [1.82, 2.24) is 29.3 Å². The van der Waals surface area contributed by atoms with Crippen LogP contribution in [0.15, 0.2) is 48.9 Å². The number of methoxy groups -OCH3 is 1. The lowest BCUT2D eigenvalue weighted by molar-refractivity contribution is -0.138. The fourth-order valence-electron chi connectivity index (χ4n) is 4.39. The Balaban J connectivity index is 0.000000681. The summed E-state index contributed by atoms with van der Waals surface area (Å²) in [4.78, 5) is 34.9. The van der Waals surface area contributed by atoms with E-state index in [1.54, 1.807) is 36.3 Å². The van der Waals surface area contributed by atoms with Gasteiger partial charge in [-0.3, -0.25) is 0 Å². The van der Waals surface area contributed by atoms with Gasteiger partial charge >= 0.3 is 14.0 Å². The standard InChI is InChI=1S/C25H23F3N6O.H3O4P/c1-16-14-33(15-29-16)21-11-9-17(30-24(21)35-2)10-12-22-31-23-19(7-5-13-34(23)32-22)18-6-3-4-8-20(18)25(26,27)28;1-5(2,3)4/h3-4,6,8-12,14-15,19H,5,7,13H2,1-2H3;(H3,1,2,3,4)/b12-10+;/t19-;/m0./s1. The van der Waals surface area contributed by atoms with Crippen LogP contribution in [0.5, 0.6) is 5.88 Å². The van der Waals surface area contributed by atoms with Crippen molar-refractivity contribution in [3.8, 4) is 11.6 Å². The predicted molar refractivity (Wildman–Crippen MR) is 138 cm³/mol. The summed E-state index contributed by atoms with van der Waals surface area (Å²) in [6.45, 7) is 2.52. The lowest BCUT2D eigenvalue weighted by Gasteiger charge is -2.25. The van der Waals surface area contributed by atoms with Gasteiger partial charge in [0.2, 0.25) is 5.88 Å². The van der Waals surface area contributed by atoms with E-state index in [1.165, 1.54) is 12.1 Å². The molecule has 0 spiro atoms. The number of halogens is 3. The average molecular weight is 578 g/mol. The molecular formula is C25H26F3N6O5P. The SMILES string of the molecule is COc1nc(/C=C/c2nc3n(n2)CCC[C@H]3c2ccccc2C(F)(F)F)ccc1-n1cnc(C)c1.O=P(O)(O)O. The minimum absolute atomic E-state index is 0.237. The van der Waals surface area contributed by atoms with Crippen molar-refractivity contribution in [3.63, 3.8) is 0 Å². The molecule has 1 atom stereocenters. The first kappa shape index (κ1) is 29.2. The van der Waals surface area contributed by atoms with Crippen LogP contribution in [0.4, 0.5) is 13.2 Å². The monoisotopic (exact) mass is 578 g/mol. The Hall–Kier alpha value is -3.84. The number of rotatable bonds is 5. The minimum Gasteiger partial charge on any atom is -0.479 e. The first-order chi connectivity index (χ1) is 18.8. The number of pyridine rings is 1. The molecule has 1 aromatic carbocycles. The molecule has 0 saturated heterocycles. The van der Waals surface area contributed by atoms with Crippen LogP contribution in [-0.2, 0) is 17.3 Å². The summed E-state index contributed by atoms with van der Waals surface area (Å²) >= 11 is 0. The number of aryl methyl sites for hydroxylation is 2. The van der Waals surface area contributed by atoms with Crippen molar-refractivity contribution < 1.29 is 37.2 Å². The summed E-state index contributed by atoms with van der Waals surface area (Å²) in [5.74, 6) is 0.938. The first-order valence-electron chi connectivity index (χ1n) is 12.0. The zero-order valence-corrected chi connectivity index (χ0v) is 22.3. The second kappa shape index (κ2) is 11.7. The summed E-state index contributed by atoms with van der Waals surface area (Å²) < 4.78 is 58.7. The summed E-state index contributed by atoms with van der Waals surface area (Å²) in [7, 11) is -3.09. The van der Waals surface area contributed by atoms with E-state index in [-0.39, 0.29) is 5.56 Å². The maximum Gasteiger partial charge on any atom is 0.466 e. The second-order valence-corrected chi connectivity index (χ2v) is 9.89. The lowest BCUT2D eigenvalue weighted by atomic mass is 9.88. The third kappa shape index (κ3) is 7.21. The van der Waals surface area contributed by atoms with Crippen LogP contribution in [0.1, 0.15) is 52.9 Å². The van der Waals surface area contributed by atoms with Crippen LogP contribution < -0.4 is 4.74 Å². The Morgan fingerprint density at radius 1 is 1.10 bits per heavy atom. The Labute approximate surface area is 226 Å². The molecule has 3 N–H and O–H groups in total. The summed E-state index contributed by atoms with van der Waals surface area (Å²) in [6.07, 6.45) is 3.92. The van der Waals surface area contributed by atoms with Gasteiger partial charge in [-0.1, -0.05) is 18.2 Å². The fraction of sp³-hybridized carbons (Fsp3) is 0.280. The lowest BCUT2D eigenvalue weighted by Crippen LogP contribution is -2.21. The van der Waals surface area contributed by atoms with Crippen molar-refractivity contribution in [3.05, 3.63) is 83.1 Å². The predicted octanol–water partition coefficient (Wildman–Crippen LogP) is 4.36. The van der Waals surface area contributed by atoms with Gasteiger partial charge < -0.3 is 24.0 Å². The average Bonchev–Trinajstić information content (AvgIpc) is 3.51. The summed E-state index contributed by atoms with van der Waals surface area (Å²) in [5.41, 5.74) is 1.88. The van der Waals surface area contributed by atoms with Crippen LogP contribution in [-0.4, -0.2) is 51.1 Å². The highest BCUT2D eigenvalue weighted by Gasteiger charge is 2.37. The van der Waals surface area contributed by atoms with E-state index in [1.807, 2.05) is 29.8 Å². The molecule has 0 saturated carbocycles. The Bertz CT molecular complexity index is 1550. The zero-order chi connectivity index (χ0) is 29.1. The van der Waals surface area contributed by atoms with Gasteiger partial charge in [0.05, 0.1) is 30.4 Å². The van der Waals surface area contributed by atoms with Gasteiger partial charge in [0.1, 0.15) is 11.5 Å². The zero-order valence-electron chi connectivity index (χ0n) is 21.4. The van der Waals surface area contributed by atoms with Crippen LogP contribution in [0.3, 0.4) is 0 Å². The third-order valence-corrected chi connectivity index (χ3v) is 5.98. The minimum atomic E-state index is -4.64. The number of aromatic nitrogens is 6. The van der Waals surface area contributed by atoms with Gasteiger partial charge in [0, 0.05) is 18.7 Å². The molecule has 15 heteroatoms. The topological polar surface area (TPSA) is 148 Å². The maximum absolute atomic E-state index is 13.6. The number of hydrogen-bond donors (Lipinski definition) is 3. The molecule has 4 heterocycles. The van der Waals surface area contributed by atoms with Crippen molar-refractivity contribution in [2.24, 2.45) is 0 Å². The number of ether oxygens (including phenoxy) is 1. The van der Waals surface area contributed by atoms with E-state index in [2.05, 4.69) is 20.1 Å². The quantitative estimate of drug-likeness (QED) is 0.294. The summed E-state index contributed by atoms with van der Waals surface area (Å²) in [5, 5.41) is 4.51. The van der Waals surface area contributed by atoms with Crippen molar-refractivity contribution >= 4 is 20.0 Å². The molecule has 40 heavy (non-hydrogen) atoms. The van der Waals surface area contributed by atoms with Gasteiger partial charge in [0.25, 0.3) is 0 Å². The molecule has 0 aliphatic carbocycles. The van der Waals surface area contributed by atoms with E-state index in [4.69, 9.17) is 24.0 Å². The van der Waals surface area contributed by atoms with Gasteiger partial charge in [-0.05, 0) is 55.7 Å². The smallest absolute Gasteiger partial charge is 0.466 e. The van der Waals surface area contributed by atoms with E-state index < -0.39 is 25.5 Å². The van der Waals surface area contributed by atoms with Gasteiger partial charge in [0.15, 0.2) is 5.82 Å². The highest BCUT2D eigenvalue weighted by Crippen LogP contribution is 2.40. The van der Waals surface area contributed by atoms with Crippen LogP contribution in [0, 0.1) is 6.92 Å². The molecule has 0 amide bonds. The highest BCUT2D eigenvalue weighted by molar-refractivity contribution is 7.45. The Morgan fingerprint density at radius 2 is 1.82 bits per heavy atom. The molecule has 11 nitrogen and oxygen atoms in total. The molecular weight excluding hydrogens is 552 g/mol. The van der Waals surface area contributed by atoms with E-state index in [0.717, 1.165) is 23.9 Å². The van der Waals surface area contributed by atoms with Gasteiger partial charge in [-0.25, -0.2) is 24.2 Å². The number of alkyl halides is 3. The third-order valence-electron chi connectivity index (χ3n) is 5.98. The van der Waals surface area contributed by atoms with Gasteiger partial charge in [-0.2, -0.15) is 18.3 Å². The van der Waals surface area contributed by atoms with Crippen molar-refractivity contribution in [1.29, 1.82) is 0 Å². The molecule has 5 rings (SSSR count). The highest BCUT2D eigenvalue weighted by atomic mass is 31.2. The van der Waals surface area contributed by atoms with E-state index in [0.29, 0.717) is 36.2 Å². The van der Waals surface area contributed by atoms with Crippen LogP contribution >= 0.6 is 7.82 Å². The van der Waals surface area contributed by atoms with Crippen molar-refractivity contribution in [2.75, 3.05) is 7.11 Å². The molecule has 0 radical (unpaired) electrons. The number of phosphoric acid groups is 1. The van der Waals surface area contributed by atoms with E-state index >= 15 is 0 Å². The number of imidazole rings is 1. The summed E-state index contributed by atoms with van der Waals surface area (Å²) in [6, 6.07) is 9.42. The number of fused-ring (bicyclic) bond motifs is 1. The number of nitrogens with zero attached hydrogens (tertiary/aromatic N) is 6. The molecule has 4 aromatic rings. The molecule has 212 valence electrons. The fourth-order valence-corrected chi connectivity index (χ4v) is 4.39. The van der Waals surface area contributed by atoms with E-state index in [9.17, 15) is 13.2 Å². The first-order valence-corrected chi connectivity index (χ1v) is 13.5. The Kier molecular flexibility index (Phi) is 8.54. The largest absolute Gasteiger partial charge is 0.479 e. The molecule has 0 bridgehead atoms. The number of benzene rings is 1. The second-order valence-electron chi connectivity index (χ2n) is 8.86. The molecule has 0 fully saturated rings. The molecule has 1 aliphatic heterocycles. The van der Waals surface area contributed by atoms with Crippen LogP contribution in [0.25, 0.3) is 17.8 Å².